The largest absolute Gasteiger partial charge is 0.462 e. The zero-order valence-electron chi connectivity index (χ0n) is 15.3. The van der Waals surface area contributed by atoms with Gasteiger partial charge in [0.15, 0.2) is 0 Å². The van der Waals surface area contributed by atoms with Gasteiger partial charge in [-0.05, 0) is 31.4 Å². The fraction of sp³-hybridized carbons (Fsp3) is 0.850. The van der Waals surface area contributed by atoms with E-state index in [1.807, 2.05) is 0 Å². The van der Waals surface area contributed by atoms with Crippen LogP contribution < -0.4 is 0 Å². The van der Waals surface area contributed by atoms with Crippen LogP contribution in [0.4, 0.5) is 0 Å². The van der Waals surface area contributed by atoms with Crippen molar-refractivity contribution in [2.45, 2.75) is 96.8 Å². The number of carbonyl (C=O) groups excluding carboxylic acids is 1. The number of unbranched alkanes of at least 4 members (excludes halogenated alkanes) is 11. The lowest BCUT2D eigenvalue weighted by Crippen LogP contribution is -2.08. The predicted octanol–water partition coefficient (Wildman–Crippen LogP) is 6.50. The van der Waals surface area contributed by atoms with Crippen molar-refractivity contribution in [2.75, 3.05) is 12.4 Å². The first-order chi connectivity index (χ1) is 11.2. The summed E-state index contributed by atoms with van der Waals surface area (Å²) in [7, 11) is 0. The maximum Gasteiger partial charge on any atom is 0.333 e. The minimum Gasteiger partial charge on any atom is -0.462 e. The van der Waals surface area contributed by atoms with Gasteiger partial charge in [-0.3, -0.25) is 0 Å². The molecule has 0 spiro atoms. The number of carbonyl (C=O) groups is 1. The van der Waals surface area contributed by atoms with Crippen LogP contribution in [-0.4, -0.2) is 18.3 Å². The Morgan fingerprint density at radius 3 is 1.78 bits per heavy atom. The van der Waals surface area contributed by atoms with Crippen molar-refractivity contribution in [3.05, 3.63) is 12.2 Å². The predicted molar refractivity (Wildman–Crippen MR) is 104 cm³/mol. The molecule has 0 rings (SSSR count). The molecule has 0 aromatic rings. The summed E-state index contributed by atoms with van der Waals surface area (Å²) < 4.78 is 5.16. The molecule has 0 N–H and O–H groups in total. The van der Waals surface area contributed by atoms with Gasteiger partial charge < -0.3 is 4.74 Å². The highest BCUT2D eigenvalue weighted by Gasteiger charge is 2.07. The molecule has 0 saturated carbocycles. The Morgan fingerprint density at radius 1 is 0.826 bits per heavy atom. The fourth-order valence-electron chi connectivity index (χ4n) is 2.55. The van der Waals surface area contributed by atoms with E-state index in [0.29, 0.717) is 12.2 Å². The monoisotopic (exact) mass is 342 g/mol. The summed E-state index contributed by atoms with van der Waals surface area (Å²) in [6, 6.07) is 0. The van der Waals surface area contributed by atoms with Crippen LogP contribution in [-0.2, 0) is 9.53 Å². The summed E-state index contributed by atoms with van der Waals surface area (Å²) >= 11 is 4.23. The van der Waals surface area contributed by atoms with Gasteiger partial charge in [-0.1, -0.05) is 77.7 Å². The van der Waals surface area contributed by atoms with E-state index in [2.05, 4.69) is 26.1 Å². The van der Waals surface area contributed by atoms with Gasteiger partial charge >= 0.3 is 5.97 Å². The second kappa shape index (κ2) is 17.9. The van der Waals surface area contributed by atoms with Crippen LogP contribution in [0.2, 0.25) is 0 Å². The molecule has 23 heavy (non-hydrogen) atoms. The lowest BCUT2D eigenvalue weighted by molar-refractivity contribution is -0.139. The van der Waals surface area contributed by atoms with Crippen molar-refractivity contribution < 1.29 is 9.53 Å². The summed E-state index contributed by atoms with van der Waals surface area (Å²) in [6.45, 7) is 6.46. The van der Waals surface area contributed by atoms with Crippen molar-refractivity contribution in [3.8, 4) is 0 Å². The van der Waals surface area contributed by atoms with Crippen LogP contribution in [0.3, 0.4) is 0 Å². The first-order valence-electron chi connectivity index (χ1n) is 9.68. The summed E-state index contributed by atoms with van der Waals surface area (Å²) in [5.74, 6) is 0.833. The molecule has 0 aromatic heterocycles. The van der Waals surface area contributed by atoms with E-state index in [1.165, 1.54) is 64.2 Å². The van der Waals surface area contributed by atoms with E-state index in [9.17, 15) is 4.79 Å². The Hall–Kier alpha value is -0.440. The Bertz CT molecular complexity index is 289. The summed E-state index contributed by atoms with van der Waals surface area (Å²) in [5, 5.41) is 0. The Labute approximate surface area is 149 Å². The zero-order valence-corrected chi connectivity index (χ0v) is 16.2. The molecular formula is C20H38O2S. The van der Waals surface area contributed by atoms with E-state index in [-0.39, 0.29) is 5.97 Å². The highest BCUT2D eigenvalue weighted by molar-refractivity contribution is 7.80. The third kappa shape index (κ3) is 16.2. The Kier molecular flexibility index (Phi) is 17.6. The van der Waals surface area contributed by atoms with Crippen molar-refractivity contribution in [3.63, 3.8) is 0 Å². The average molecular weight is 343 g/mol. The van der Waals surface area contributed by atoms with E-state index in [1.54, 1.807) is 0 Å². The Morgan fingerprint density at radius 2 is 1.30 bits per heavy atom. The molecule has 0 fully saturated rings. The number of hydrogen-bond acceptors (Lipinski definition) is 3. The summed E-state index contributed by atoms with van der Waals surface area (Å²) in [4.78, 5) is 11.6. The Balaban J connectivity index is 3.26. The van der Waals surface area contributed by atoms with E-state index >= 15 is 0 Å². The van der Waals surface area contributed by atoms with E-state index in [0.717, 1.165) is 31.4 Å². The molecule has 0 unspecified atom stereocenters. The third-order valence-corrected chi connectivity index (χ3v) is 4.47. The minimum absolute atomic E-state index is 0.198. The molecule has 0 aliphatic carbocycles. The number of rotatable bonds is 17. The molecule has 0 aromatic carbocycles. The van der Waals surface area contributed by atoms with Crippen molar-refractivity contribution in [1.82, 2.24) is 0 Å². The van der Waals surface area contributed by atoms with Gasteiger partial charge in [-0.25, -0.2) is 4.79 Å². The number of thiol groups is 1. The first-order valence-corrected chi connectivity index (χ1v) is 10.3. The standard InChI is InChI=1S/C20H38O2S/c1-3-4-17-22-20(21)19(2)16-14-12-10-8-6-5-7-9-11-13-15-18-23/h23H,2-18H2,1H3. The van der Waals surface area contributed by atoms with Crippen LogP contribution in [0, 0.1) is 0 Å². The van der Waals surface area contributed by atoms with Gasteiger partial charge in [0.25, 0.3) is 0 Å². The normalized spacial score (nSPS) is 10.7. The molecule has 0 atom stereocenters. The molecule has 0 amide bonds. The second-order valence-electron chi connectivity index (χ2n) is 6.46. The number of hydrogen-bond donors (Lipinski definition) is 1. The highest BCUT2D eigenvalue weighted by Crippen LogP contribution is 2.14. The molecule has 136 valence electrons. The van der Waals surface area contributed by atoms with Crippen LogP contribution >= 0.6 is 12.6 Å². The van der Waals surface area contributed by atoms with Crippen molar-refractivity contribution in [1.29, 1.82) is 0 Å². The molecule has 0 aliphatic rings. The van der Waals surface area contributed by atoms with Crippen molar-refractivity contribution >= 4 is 18.6 Å². The van der Waals surface area contributed by atoms with Gasteiger partial charge in [0.1, 0.15) is 0 Å². The van der Waals surface area contributed by atoms with Gasteiger partial charge in [-0.15, -0.1) is 0 Å². The highest BCUT2D eigenvalue weighted by atomic mass is 32.1. The minimum atomic E-state index is -0.198. The molecule has 0 saturated heterocycles. The van der Waals surface area contributed by atoms with Gasteiger partial charge in [0, 0.05) is 5.57 Å². The van der Waals surface area contributed by atoms with Crippen molar-refractivity contribution in [2.24, 2.45) is 0 Å². The number of esters is 1. The smallest absolute Gasteiger partial charge is 0.333 e. The molecule has 0 heterocycles. The van der Waals surface area contributed by atoms with E-state index < -0.39 is 0 Å². The van der Waals surface area contributed by atoms with Gasteiger partial charge in [0.05, 0.1) is 6.61 Å². The topological polar surface area (TPSA) is 26.3 Å². The summed E-state index contributed by atoms with van der Waals surface area (Å²) in [6.07, 6.45) is 17.1. The second-order valence-corrected chi connectivity index (χ2v) is 6.90. The molecule has 2 nitrogen and oxygen atoms in total. The van der Waals surface area contributed by atoms with Gasteiger partial charge in [-0.2, -0.15) is 12.6 Å². The van der Waals surface area contributed by atoms with Crippen LogP contribution in [0.25, 0.3) is 0 Å². The molecule has 3 heteroatoms. The maximum absolute atomic E-state index is 11.6. The molecule has 0 bridgehead atoms. The van der Waals surface area contributed by atoms with Crippen LogP contribution in [0.15, 0.2) is 12.2 Å². The lowest BCUT2D eigenvalue weighted by atomic mass is 10.0. The SMILES string of the molecule is C=C(CCCCCCCCCCCCCS)C(=O)OCCCC. The third-order valence-electron chi connectivity index (χ3n) is 4.16. The zero-order chi connectivity index (χ0) is 17.2. The van der Waals surface area contributed by atoms with Crippen LogP contribution in [0.1, 0.15) is 96.8 Å². The van der Waals surface area contributed by atoms with Gasteiger partial charge in [0.2, 0.25) is 0 Å². The average Bonchev–Trinajstić information content (AvgIpc) is 2.55. The number of ether oxygens (including phenoxy) is 1. The lowest BCUT2D eigenvalue weighted by Gasteiger charge is -2.06. The van der Waals surface area contributed by atoms with E-state index in [4.69, 9.17) is 4.74 Å². The molecular weight excluding hydrogens is 304 g/mol. The fourth-order valence-corrected chi connectivity index (χ4v) is 2.78. The quantitative estimate of drug-likeness (QED) is 0.141. The first kappa shape index (κ1) is 22.6. The molecule has 0 aliphatic heterocycles. The maximum atomic E-state index is 11.6. The van der Waals surface area contributed by atoms with Crippen LogP contribution in [0.5, 0.6) is 0 Å². The summed E-state index contributed by atoms with van der Waals surface area (Å²) in [5.41, 5.74) is 0.641. The molecule has 0 radical (unpaired) electrons.